The fraction of sp³-hybridized carbons (Fsp3) is 0.0714. The molecule has 2 rings (SSSR count). The Bertz CT molecular complexity index is 890. The van der Waals surface area contributed by atoms with Crippen LogP contribution in [0.2, 0.25) is 5.02 Å². The fourth-order valence-electron chi connectivity index (χ4n) is 1.82. The Morgan fingerprint density at radius 1 is 1.13 bits per heavy atom. The molecule has 2 aromatic carbocycles. The molecule has 0 spiro atoms. The molecule has 0 fully saturated rings. The molecule has 0 bridgehead atoms. The topological polar surface area (TPSA) is 70.0 Å². The van der Waals surface area contributed by atoms with E-state index in [0.29, 0.717) is 6.07 Å². The molecule has 0 amide bonds. The summed E-state index contributed by atoms with van der Waals surface area (Å²) in [5.41, 5.74) is -1.35. The fourth-order valence-corrected chi connectivity index (χ4v) is 3.26. The lowest BCUT2D eigenvalue weighted by atomic mass is 10.2. The first-order chi connectivity index (χ1) is 10.6. The van der Waals surface area contributed by atoms with Gasteiger partial charge in [0, 0.05) is 0 Å². The summed E-state index contributed by atoms with van der Waals surface area (Å²) in [6.45, 7) is 0. The minimum Gasteiger partial charge on any atom is -0.280 e. The van der Waals surface area contributed by atoms with Gasteiger partial charge in [-0.25, -0.2) is 8.42 Å². The van der Waals surface area contributed by atoms with Gasteiger partial charge in [-0.15, -0.1) is 0 Å². The monoisotopic (exact) mass is 360 g/mol. The number of anilines is 1. The maximum Gasteiger partial charge on any atom is 0.417 e. The molecule has 0 aliphatic rings. The van der Waals surface area contributed by atoms with Crippen LogP contribution < -0.4 is 4.72 Å². The third-order valence-electron chi connectivity index (χ3n) is 2.82. The first-order valence-corrected chi connectivity index (χ1v) is 7.90. The molecular formula is C14H8ClF3N2O2S. The van der Waals surface area contributed by atoms with Crippen molar-refractivity contribution in [3.8, 4) is 6.07 Å². The summed E-state index contributed by atoms with van der Waals surface area (Å²) in [6.07, 6.45) is -4.82. The van der Waals surface area contributed by atoms with Gasteiger partial charge in [0.05, 0.1) is 26.7 Å². The molecule has 23 heavy (non-hydrogen) atoms. The predicted octanol–water partition coefficient (Wildman–Crippen LogP) is 4.03. The highest BCUT2D eigenvalue weighted by Crippen LogP contribution is 2.34. The molecule has 2 aromatic rings. The number of benzene rings is 2. The highest BCUT2D eigenvalue weighted by Gasteiger charge is 2.36. The number of alkyl halides is 3. The molecule has 0 radical (unpaired) electrons. The van der Waals surface area contributed by atoms with Crippen molar-refractivity contribution in [1.29, 1.82) is 5.26 Å². The summed E-state index contributed by atoms with van der Waals surface area (Å²) in [6, 6.07) is 9.22. The summed E-state index contributed by atoms with van der Waals surface area (Å²) >= 11 is 5.72. The summed E-state index contributed by atoms with van der Waals surface area (Å²) in [7, 11) is -4.49. The number of hydrogen-bond acceptors (Lipinski definition) is 3. The number of hydrogen-bond donors (Lipinski definition) is 1. The SMILES string of the molecule is N#Cc1cc(NS(=O)(=O)c2ccccc2C(F)(F)F)ccc1Cl. The summed E-state index contributed by atoms with van der Waals surface area (Å²) in [5.74, 6) is 0. The van der Waals surface area contributed by atoms with Crippen molar-refractivity contribution < 1.29 is 21.6 Å². The average Bonchev–Trinajstić information content (AvgIpc) is 2.48. The molecule has 4 nitrogen and oxygen atoms in total. The zero-order chi connectivity index (χ0) is 17.3. The zero-order valence-electron chi connectivity index (χ0n) is 11.2. The summed E-state index contributed by atoms with van der Waals surface area (Å²) in [4.78, 5) is -0.902. The highest BCUT2D eigenvalue weighted by molar-refractivity contribution is 7.92. The van der Waals surface area contributed by atoms with Crippen LogP contribution in [0.3, 0.4) is 0 Å². The van der Waals surface area contributed by atoms with Gasteiger partial charge in [-0.1, -0.05) is 23.7 Å². The van der Waals surface area contributed by atoms with Gasteiger partial charge in [0.2, 0.25) is 0 Å². The Hall–Kier alpha value is -2.24. The normalized spacial score (nSPS) is 11.8. The van der Waals surface area contributed by atoms with Gasteiger partial charge < -0.3 is 0 Å². The number of sulfonamides is 1. The molecular weight excluding hydrogens is 353 g/mol. The third kappa shape index (κ3) is 3.75. The van der Waals surface area contributed by atoms with Crippen molar-refractivity contribution in [3.63, 3.8) is 0 Å². The van der Waals surface area contributed by atoms with E-state index in [1.54, 1.807) is 6.07 Å². The maximum atomic E-state index is 12.9. The predicted molar refractivity (Wildman–Crippen MR) is 78.4 cm³/mol. The molecule has 0 unspecified atom stereocenters. The quantitative estimate of drug-likeness (QED) is 0.898. The Balaban J connectivity index is 2.47. The second-order valence-electron chi connectivity index (χ2n) is 4.41. The Kier molecular flexibility index (Phi) is 4.54. The largest absolute Gasteiger partial charge is 0.417 e. The van der Waals surface area contributed by atoms with Crippen LogP contribution >= 0.6 is 11.6 Å². The second kappa shape index (κ2) is 6.10. The first-order valence-electron chi connectivity index (χ1n) is 6.04. The van der Waals surface area contributed by atoms with Crippen LogP contribution in [0.5, 0.6) is 0 Å². The van der Waals surface area contributed by atoms with Crippen LogP contribution in [0.25, 0.3) is 0 Å². The Morgan fingerprint density at radius 2 is 1.78 bits per heavy atom. The van der Waals surface area contributed by atoms with E-state index >= 15 is 0 Å². The van der Waals surface area contributed by atoms with Gasteiger partial charge in [-0.3, -0.25) is 4.72 Å². The van der Waals surface area contributed by atoms with Crippen LogP contribution in [0.4, 0.5) is 18.9 Å². The van der Waals surface area contributed by atoms with Gasteiger partial charge in [0.25, 0.3) is 10.0 Å². The van der Waals surface area contributed by atoms with E-state index < -0.39 is 26.7 Å². The minimum atomic E-state index is -4.82. The first kappa shape index (κ1) is 17.1. The zero-order valence-corrected chi connectivity index (χ0v) is 12.8. The second-order valence-corrected chi connectivity index (χ2v) is 6.46. The van der Waals surface area contributed by atoms with Crippen LogP contribution in [-0.2, 0) is 16.2 Å². The maximum absolute atomic E-state index is 12.9. The van der Waals surface area contributed by atoms with Crippen LogP contribution in [0.1, 0.15) is 11.1 Å². The van der Waals surface area contributed by atoms with E-state index in [0.717, 1.165) is 18.2 Å². The van der Waals surface area contributed by atoms with E-state index in [1.807, 2.05) is 4.72 Å². The van der Waals surface area contributed by atoms with E-state index in [4.69, 9.17) is 16.9 Å². The number of halogens is 4. The molecule has 9 heteroatoms. The number of nitriles is 1. The van der Waals surface area contributed by atoms with Gasteiger partial charge in [0.15, 0.2) is 0 Å². The van der Waals surface area contributed by atoms with Crippen molar-refractivity contribution in [1.82, 2.24) is 0 Å². The van der Waals surface area contributed by atoms with E-state index in [9.17, 15) is 21.6 Å². The van der Waals surface area contributed by atoms with Crippen molar-refractivity contribution in [2.45, 2.75) is 11.1 Å². The number of nitrogens with zero attached hydrogens (tertiary/aromatic N) is 1. The molecule has 0 aliphatic carbocycles. The molecule has 0 aromatic heterocycles. The number of rotatable bonds is 3. The minimum absolute atomic E-state index is 0.00373. The number of nitrogens with one attached hydrogen (secondary N) is 1. The summed E-state index contributed by atoms with van der Waals surface area (Å²) < 4.78 is 65.3. The molecule has 0 saturated heterocycles. The Labute approximate surface area is 135 Å². The van der Waals surface area contributed by atoms with E-state index in [1.165, 1.54) is 18.2 Å². The third-order valence-corrected chi connectivity index (χ3v) is 4.59. The van der Waals surface area contributed by atoms with Crippen molar-refractivity contribution in [3.05, 3.63) is 58.6 Å². The lowest BCUT2D eigenvalue weighted by Gasteiger charge is -2.14. The van der Waals surface area contributed by atoms with E-state index in [2.05, 4.69) is 0 Å². The molecule has 1 N–H and O–H groups in total. The molecule has 0 heterocycles. The van der Waals surface area contributed by atoms with Gasteiger partial charge >= 0.3 is 6.18 Å². The van der Waals surface area contributed by atoms with Crippen molar-refractivity contribution in [2.24, 2.45) is 0 Å². The lowest BCUT2D eigenvalue weighted by Crippen LogP contribution is -2.18. The standard InChI is InChI=1S/C14H8ClF3N2O2S/c15-12-6-5-10(7-9(12)8-19)20-23(21,22)13-4-2-1-3-11(13)14(16,17)18/h1-7,20H. The lowest BCUT2D eigenvalue weighted by molar-refractivity contribution is -0.139. The van der Waals surface area contributed by atoms with E-state index in [-0.39, 0.29) is 16.3 Å². The van der Waals surface area contributed by atoms with Crippen LogP contribution in [0.15, 0.2) is 47.4 Å². The van der Waals surface area contributed by atoms with Crippen LogP contribution in [0, 0.1) is 11.3 Å². The molecule has 0 aliphatic heterocycles. The molecule has 0 saturated carbocycles. The summed E-state index contributed by atoms with van der Waals surface area (Å²) in [5, 5.41) is 8.95. The molecule has 120 valence electrons. The van der Waals surface area contributed by atoms with Crippen LogP contribution in [-0.4, -0.2) is 8.42 Å². The van der Waals surface area contributed by atoms with Crippen molar-refractivity contribution >= 4 is 27.3 Å². The average molecular weight is 361 g/mol. The Morgan fingerprint density at radius 3 is 2.39 bits per heavy atom. The van der Waals surface area contributed by atoms with Gasteiger partial charge in [0.1, 0.15) is 6.07 Å². The highest BCUT2D eigenvalue weighted by atomic mass is 35.5. The smallest absolute Gasteiger partial charge is 0.280 e. The van der Waals surface area contributed by atoms with Crippen molar-refractivity contribution in [2.75, 3.05) is 4.72 Å². The van der Waals surface area contributed by atoms with Gasteiger partial charge in [-0.05, 0) is 30.3 Å². The van der Waals surface area contributed by atoms with Gasteiger partial charge in [-0.2, -0.15) is 18.4 Å². The molecule has 0 atom stereocenters.